The Morgan fingerprint density at radius 1 is 1.44 bits per heavy atom. The number of hydrogen-bond donors (Lipinski definition) is 2. The van der Waals surface area contributed by atoms with Crippen molar-refractivity contribution in [2.24, 2.45) is 0 Å². The maximum atomic E-state index is 10.4. The molecule has 0 aliphatic carbocycles. The van der Waals surface area contributed by atoms with Crippen molar-refractivity contribution < 1.29 is 15.0 Å². The molecule has 2 N–H and O–H groups in total. The highest BCUT2D eigenvalue weighted by molar-refractivity contribution is 5.92. The van der Waals surface area contributed by atoms with E-state index in [1.165, 1.54) is 13.8 Å². The quantitative estimate of drug-likeness (QED) is 0.403. The van der Waals surface area contributed by atoms with Gasteiger partial charge in [0.2, 0.25) is 0 Å². The summed E-state index contributed by atoms with van der Waals surface area (Å²) in [6, 6.07) is 0. The minimum atomic E-state index is -1.52. The Kier molecular flexibility index (Phi) is 3.12. The summed E-state index contributed by atoms with van der Waals surface area (Å²) in [4.78, 5) is 10.4. The fraction of sp³-hybridized carbons (Fsp3) is 0.500. The van der Waals surface area contributed by atoms with E-state index in [2.05, 4.69) is 0 Å². The highest BCUT2D eigenvalue weighted by Crippen LogP contribution is 1.94. The van der Waals surface area contributed by atoms with Crippen molar-refractivity contribution in [1.82, 2.24) is 0 Å². The van der Waals surface area contributed by atoms with E-state index in [1.807, 2.05) is 0 Å². The third-order valence-electron chi connectivity index (χ3n) is 0.954. The van der Waals surface area contributed by atoms with E-state index in [1.54, 1.807) is 0 Å². The van der Waals surface area contributed by atoms with Gasteiger partial charge in [0.05, 0.1) is 0 Å². The Balaban J connectivity index is 4.00. The Bertz CT molecular complexity index is 135. The summed E-state index contributed by atoms with van der Waals surface area (Å²) in [5.41, 5.74) is 0.366. The van der Waals surface area contributed by atoms with Gasteiger partial charge in [-0.15, -0.1) is 0 Å². The molecular formula is C6H10O3. The Hall–Kier alpha value is -0.670. The standard InChI is InChI=1S/C6H10O3/c1-4(5(2)7)3-6(8)9/h3,6,8-9H,1-2H3/b4-3-. The number of rotatable bonds is 2. The van der Waals surface area contributed by atoms with Gasteiger partial charge in [-0.2, -0.15) is 0 Å². The van der Waals surface area contributed by atoms with Crippen LogP contribution in [0.3, 0.4) is 0 Å². The molecule has 0 bridgehead atoms. The molecule has 0 fully saturated rings. The molecule has 0 saturated carbocycles. The Morgan fingerprint density at radius 2 is 1.89 bits per heavy atom. The molecule has 0 atom stereocenters. The van der Waals surface area contributed by atoms with Crippen molar-refractivity contribution in [3.8, 4) is 0 Å². The number of carbonyl (C=O) groups is 1. The van der Waals surface area contributed by atoms with E-state index in [0.717, 1.165) is 6.08 Å². The van der Waals surface area contributed by atoms with Gasteiger partial charge >= 0.3 is 0 Å². The molecule has 0 saturated heterocycles. The lowest BCUT2D eigenvalue weighted by Gasteiger charge is -1.95. The summed E-state index contributed by atoms with van der Waals surface area (Å²) in [6.45, 7) is 2.90. The lowest BCUT2D eigenvalue weighted by Crippen LogP contribution is -2.02. The van der Waals surface area contributed by atoms with Gasteiger partial charge in [-0.1, -0.05) is 0 Å². The predicted molar refractivity (Wildman–Crippen MR) is 32.7 cm³/mol. The van der Waals surface area contributed by atoms with Crippen LogP contribution in [0.4, 0.5) is 0 Å². The summed E-state index contributed by atoms with van der Waals surface area (Å²) in [5.74, 6) is -0.150. The van der Waals surface area contributed by atoms with Gasteiger partial charge in [-0.05, 0) is 25.5 Å². The number of aliphatic hydroxyl groups excluding tert-OH is 1. The lowest BCUT2D eigenvalue weighted by atomic mass is 10.2. The molecule has 52 valence electrons. The van der Waals surface area contributed by atoms with Crippen molar-refractivity contribution in [3.05, 3.63) is 11.6 Å². The van der Waals surface area contributed by atoms with Crippen LogP contribution in [0.5, 0.6) is 0 Å². The van der Waals surface area contributed by atoms with Crippen LogP contribution >= 0.6 is 0 Å². The van der Waals surface area contributed by atoms with Gasteiger partial charge in [0, 0.05) is 0 Å². The topological polar surface area (TPSA) is 57.5 Å². The van der Waals surface area contributed by atoms with Crippen LogP contribution in [0.25, 0.3) is 0 Å². The molecule has 9 heavy (non-hydrogen) atoms. The van der Waals surface area contributed by atoms with Crippen LogP contribution in [-0.2, 0) is 4.79 Å². The maximum Gasteiger partial charge on any atom is 0.171 e. The Labute approximate surface area is 53.6 Å². The highest BCUT2D eigenvalue weighted by atomic mass is 16.5. The zero-order valence-electron chi connectivity index (χ0n) is 5.46. The van der Waals surface area contributed by atoms with Crippen LogP contribution in [0.15, 0.2) is 11.6 Å². The molecular weight excluding hydrogens is 120 g/mol. The van der Waals surface area contributed by atoms with E-state index in [-0.39, 0.29) is 5.78 Å². The molecule has 3 heteroatoms. The smallest absolute Gasteiger partial charge is 0.171 e. The lowest BCUT2D eigenvalue weighted by molar-refractivity contribution is -0.113. The molecule has 0 unspecified atom stereocenters. The average Bonchev–Trinajstić information content (AvgIpc) is 1.63. The van der Waals surface area contributed by atoms with Gasteiger partial charge in [0.15, 0.2) is 12.1 Å². The maximum absolute atomic E-state index is 10.4. The van der Waals surface area contributed by atoms with Crippen molar-refractivity contribution in [3.63, 3.8) is 0 Å². The second-order valence-corrected chi connectivity index (χ2v) is 1.82. The Morgan fingerprint density at radius 3 is 2.00 bits per heavy atom. The van der Waals surface area contributed by atoms with E-state index >= 15 is 0 Å². The van der Waals surface area contributed by atoms with Crippen molar-refractivity contribution in [1.29, 1.82) is 0 Å². The molecule has 0 rings (SSSR count). The summed E-state index contributed by atoms with van der Waals surface area (Å²) >= 11 is 0. The number of Topliss-reactive ketones (excluding diaryl/α,β-unsaturated/α-hetero) is 1. The van der Waals surface area contributed by atoms with Gasteiger partial charge in [0.25, 0.3) is 0 Å². The third-order valence-corrected chi connectivity index (χ3v) is 0.954. The monoisotopic (exact) mass is 130 g/mol. The molecule has 0 spiro atoms. The molecule has 3 nitrogen and oxygen atoms in total. The van der Waals surface area contributed by atoms with Gasteiger partial charge in [-0.25, -0.2) is 0 Å². The van der Waals surface area contributed by atoms with Crippen molar-refractivity contribution in [2.45, 2.75) is 20.1 Å². The first-order chi connectivity index (χ1) is 4.04. The minimum absolute atomic E-state index is 0.150. The number of aliphatic hydroxyl groups is 2. The molecule has 0 amide bonds. The zero-order chi connectivity index (χ0) is 7.44. The first kappa shape index (κ1) is 8.33. The van der Waals surface area contributed by atoms with Crippen LogP contribution in [0.1, 0.15) is 13.8 Å². The average molecular weight is 130 g/mol. The molecule has 0 aliphatic rings. The first-order valence-corrected chi connectivity index (χ1v) is 2.59. The summed E-state index contributed by atoms with van der Waals surface area (Å²) in [5, 5.41) is 16.6. The van der Waals surface area contributed by atoms with Gasteiger partial charge < -0.3 is 10.2 Å². The fourth-order valence-electron chi connectivity index (χ4n) is 0.341. The van der Waals surface area contributed by atoms with Crippen LogP contribution in [-0.4, -0.2) is 22.3 Å². The molecule has 0 aromatic carbocycles. The van der Waals surface area contributed by atoms with E-state index in [0.29, 0.717) is 5.57 Å². The van der Waals surface area contributed by atoms with Crippen LogP contribution < -0.4 is 0 Å². The normalized spacial score (nSPS) is 12.3. The zero-order valence-corrected chi connectivity index (χ0v) is 5.46. The van der Waals surface area contributed by atoms with E-state index < -0.39 is 6.29 Å². The van der Waals surface area contributed by atoms with Gasteiger partial charge in [0.1, 0.15) is 0 Å². The summed E-state index contributed by atoms with van der Waals surface area (Å²) < 4.78 is 0. The predicted octanol–water partition coefficient (Wildman–Crippen LogP) is -0.168. The SMILES string of the molecule is CC(=O)/C(C)=C\C(O)O. The third kappa shape index (κ3) is 3.88. The second-order valence-electron chi connectivity index (χ2n) is 1.82. The minimum Gasteiger partial charge on any atom is -0.365 e. The molecule has 0 heterocycles. The highest BCUT2D eigenvalue weighted by Gasteiger charge is 1.97. The second kappa shape index (κ2) is 3.37. The molecule has 0 aromatic rings. The van der Waals surface area contributed by atoms with Crippen molar-refractivity contribution in [2.75, 3.05) is 0 Å². The fourth-order valence-corrected chi connectivity index (χ4v) is 0.341. The molecule has 0 aromatic heterocycles. The van der Waals surface area contributed by atoms with Gasteiger partial charge in [-0.3, -0.25) is 4.79 Å². The number of carbonyl (C=O) groups excluding carboxylic acids is 1. The van der Waals surface area contributed by atoms with Crippen LogP contribution in [0.2, 0.25) is 0 Å². The number of allylic oxidation sites excluding steroid dienone is 1. The molecule has 0 radical (unpaired) electrons. The van der Waals surface area contributed by atoms with E-state index in [4.69, 9.17) is 10.2 Å². The summed E-state index contributed by atoms with van der Waals surface area (Å²) in [6.07, 6.45) is -0.434. The molecule has 0 aliphatic heterocycles. The largest absolute Gasteiger partial charge is 0.365 e. The van der Waals surface area contributed by atoms with Crippen molar-refractivity contribution >= 4 is 5.78 Å². The number of ketones is 1. The summed E-state index contributed by atoms with van der Waals surface area (Å²) in [7, 11) is 0. The van der Waals surface area contributed by atoms with Crippen LogP contribution in [0, 0.1) is 0 Å². The van der Waals surface area contributed by atoms with E-state index in [9.17, 15) is 4.79 Å². The number of hydrogen-bond acceptors (Lipinski definition) is 3. The first-order valence-electron chi connectivity index (χ1n) is 2.59.